The second kappa shape index (κ2) is 4.80. The molecule has 1 aromatic heterocycles. The van der Waals surface area contributed by atoms with E-state index in [1.54, 1.807) is 7.11 Å². The Morgan fingerprint density at radius 1 is 1.69 bits per heavy atom. The molecule has 0 unspecified atom stereocenters. The van der Waals surface area contributed by atoms with E-state index in [1.807, 2.05) is 0 Å². The highest BCUT2D eigenvalue weighted by atomic mass is 32.1. The first kappa shape index (κ1) is 11.3. The predicted molar refractivity (Wildman–Crippen MR) is 61.5 cm³/mol. The van der Waals surface area contributed by atoms with Crippen molar-refractivity contribution in [3.05, 3.63) is 9.88 Å². The Morgan fingerprint density at radius 3 is 3.19 bits per heavy atom. The molecule has 0 radical (unpaired) electrons. The lowest BCUT2D eigenvalue weighted by atomic mass is 10.2. The smallest absolute Gasteiger partial charge is 0.365 e. The summed E-state index contributed by atoms with van der Waals surface area (Å²) in [5.41, 5.74) is 0. The predicted octanol–water partition coefficient (Wildman–Crippen LogP) is 1.24. The molecule has 1 N–H and O–H groups in total. The molecular weight excluding hydrogens is 228 g/mol. The van der Waals surface area contributed by atoms with Gasteiger partial charge >= 0.3 is 5.97 Å². The summed E-state index contributed by atoms with van der Waals surface area (Å²) in [4.78, 5) is 18.2. The molecule has 5 nitrogen and oxygen atoms in total. The Hall–Kier alpha value is -1.14. The van der Waals surface area contributed by atoms with Crippen LogP contribution in [0.25, 0.3) is 0 Å². The quantitative estimate of drug-likeness (QED) is 0.860. The Morgan fingerprint density at radius 2 is 2.50 bits per heavy atom. The number of aryl methyl sites for hydroxylation is 1. The van der Waals surface area contributed by atoms with Crippen LogP contribution in [0, 0.1) is 0 Å². The summed E-state index contributed by atoms with van der Waals surface area (Å²) in [6.07, 6.45) is 1.99. The number of rotatable bonds is 4. The third kappa shape index (κ3) is 2.17. The van der Waals surface area contributed by atoms with Crippen molar-refractivity contribution >= 4 is 23.1 Å². The van der Waals surface area contributed by atoms with Crippen molar-refractivity contribution in [2.75, 3.05) is 31.7 Å². The first-order valence-corrected chi connectivity index (χ1v) is 6.01. The summed E-state index contributed by atoms with van der Waals surface area (Å²) in [5, 5.41) is 9.09. The zero-order valence-corrected chi connectivity index (χ0v) is 9.92. The minimum Gasteiger partial charge on any atom is -0.476 e. The molecule has 0 aliphatic carbocycles. The van der Waals surface area contributed by atoms with Gasteiger partial charge in [0.05, 0.1) is 6.61 Å². The van der Waals surface area contributed by atoms with Crippen molar-refractivity contribution in [3.63, 3.8) is 0 Å². The molecular formula is C10H14N2O3S. The molecule has 0 atom stereocenters. The minimum atomic E-state index is -0.939. The Bertz CT molecular complexity index is 391. The summed E-state index contributed by atoms with van der Waals surface area (Å²) in [6.45, 7) is 2.34. The van der Waals surface area contributed by atoms with Crippen LogP contribution in [0.4, 0.5) is 5.82 Å². The zero-order chi connectivity index (χ0) is 11.5. The number of fused-ring (bicyclic) bond motifs is 1. The van der Waals surface area contributed by atoms with Crippen LogP contribution >= 0.6 is 11.3 Å². The lowest BCUT2D eigenvalue weighted by Crippen LogP contribution is -2.32. The molecule has 1 aromatic rings. The maximum atomic E-state index is 10.8. The molecule has 1 aliphatic rings. The van der Waals surface area contributed by atoms with Gasteiger partial charge in [-0.05, 0) is 12.8 Å². The fourth-order valence-corrected chi connectivity index (χ4v) is 2.77. The van der Waals surface area contributed by atoms with Crippen LogP contribution in [0.1, 0.15) is 21.1 Å². The SMILES string of the molecule is COCCN1CCCc2sc(C(=O)O)nc21. The maximum Gasteiger partial charge on any atom is 0.365 e. The van der Waals surface area contributed by atoms with Gasteiger partial charge in [-0.15, -0.1) is 11.3 Å². The number of carbonyl (C=O) groups is 1. The highest BCUT2D eigenvalue weighted by Gasteiger charge is 2.23. The van der Waals surface area contributed by atoms with Crippen LogP contribution in [-0.4, -0.2) is 42.9 Å². The molecule has 0 amide bonds. The van der Waals surface area contributed by atoms with Gasteiger partial charge in [-0.1, -0.05) is 0 Å². The van der Waals surface area contributed by atoms with Gasteiger partial charge in [0, 0.05) is 25.1 Å². The van der Waals surface area contributed by atoms with Crippen molar-refractivity contribution in [1.29, 1.82) is 0 Å². The number of ether oxygens (including phenoxy) is 1. The van der Waals surface area contributed by atoms with E-state index in [9.17, 15) is 4.79 Å². The number of aromatic carboxylic acids is 1. The van der Waals surface area contributed by atoms with Crippen molar-refractivity contribution in [1.82, 2.24) is 4.98 Å². The van der Waals surface area contributed by atoms with Gasteiger partial charge in [0.2, 0.25) is 5.01 Å². The highest BCUT2D eigenvalue weighted by Crippen LogP contribution is 2.31. The molecule has 2 rings (SSSR count). The van der Waals surface area contributed by atoms with Gasteiger partial charge in [-0.3, -0.25) is 0 Å². The van der Waals surface area contributed by atoms with E-state index in [0.29, 0.717) is 6.61 Å². The second-order valence-corrected chi connectivity index (χ2v) is 4.74. The van der Waals surface area contributed by atoms with E-state index >= 15 is 0 Å². The van der Waals surface area contributed by atoms with Gasteiger partial charge in [0.25, 0.3) is 0 Å². The minimum absolute atomic E-state index is 0.189. The summed E-state index contributed by atoms with van der Waals surface area (Å²) < 4.78 is 5.03. The van der Waals surface area contributed by atoms with Gasteiger partial charge < -0.3 is 14.7 Å². The van der Waals surface area contributed by atoms with Crippen LogP contribution < -0.4 is 4.90 Å². The Balaban J connectivity index is 2.20. The van der Waals surface area contributed by atoms with Crippen LogP contribution in [0.15, 0.2) is 0 Å². The lowest BCUT2D eigenvalue weighted by molar-refractivity contribution is 0.0696. The number of carboxylic acid groups (broad SMARTS) is 1. The number of thiazole rings is 1. The topological polar surface area (TPSA) is 62.7 Å². The van der Waals surface area contributed by atoms with E-state index in [2.05, 4.69) is 9.88 Å². The van der Waals surface area contributed by atoms with Gasteiger partial charge in [-0.2, -0.15) is 0 Å². The monoisotopic (exact) mass is 242 g/mol. The van der Waals surface area contributed by atoms with E-state index in [1.165, 1.54) is 11.3 Å². The number of hydrogen-bond donors (Lipinski definition) is 1. The molecule has 0 fully saturated rings. The van der Waals surface area contributed by atoms with Gasteiger partial charge in [0.15, 0.2) is 0 Å². The molecule has 88 valence electrons. The van der Waals surface area contributed by atoms with Gasteiger partial charge in [-0.25, -0.2) is 9.78 Å². The molecule has 0 saturated heterocycles. The molecule has 1 aliphatic heterocycles. The second-order valence-electron chi connectivity index (χ2n) is 3.65. The Labute approximate surface area is 97.7 Å². The maximum absolute atomic E-state index is 10.8. The van der Waals surface area contributed by atoms with Crippen LogP contribution in [0.5, 0.6) is 0 Å². The third-order valence-electron chi connectivity index (χ3n) is 2.56. The average molecular weight is 242 g/mol. The highest BCUT2D eigenvalue weighted by molar-refractivity contribution is 7.14. The molecule has 0 bridgehead atoms. The summed E-state index contributed by atoms with van der Waals surface area (Å²) >= 11 is 1.29. The summed E-state index contributed by atoms with van der Waals surface area (Å²) in [5.74, 6) is -0.100. The summed E-state index contributed by atoms with van der Waals surface area (Å²) in [6, 6.07) is 0. The fourth-order valence-electron chi connectivity index (χ4n) is 1.80. The largest absolute Gasteiger partial charge is 0.476 e. The van der Waals surface area contributed by atoms with Crippen LogP contribution in [-0.2, 0) is 11.2 Å². The number of aromatic nitrogens is 1. The van der Waals surface area contributed by atoms with E-state index in [0.717, 1.165) is 36.6 Å². The van der Waals surface area contributed by atoms with Gasteiger partial charge in [0.1, 0.15) is 5.82 Å². The number of carboxylic acids is 1. The molecule has 0 saturated carbocycles. The first-order valence-electron chi connectivity index (χ1n) is 5.19. The molecule has 0 spiro atoms. The molecule has 6 heteroatoms. The average Bonchev–Trinajstić information content (AvgIpc) is 2.70. The number of hydrogen-bond acceptors (Lipinski definition) is 5. The van der Waals surface area contributed by atoms with E-state index in [-0.39, 0.29) is 5.01 Å². The standard InChI is InChI=1S/C10H14N2O3S/c1-15-6-5-12-4-2-3-7-8(12)11-9(16-7)10(13)14/h2-6H2,1H3,(H,13,14). The van der Waals surface area contributed by atoms with Crippen molar-refractivity contribution in [2.24, 2.45) is 0 Å². The third-order valence-corrected chi connectivity index (χ3v) is 3.65. The summed E-state index contributed by atoms with van der Waals surface area (Å²) in [7, 11) is 1.66. The van der Waals surface area contributed by atoms with E-state index in [4.69, 9.17) is 9.84 Å². The molecule has 16 heavy (non-hydrogen) atoms. The normalized spacial score (nSPS) is 14.9. The lowest BCUT2D eigenvalue weighted by Gasteiger charge is -2.26. The first-order chi connectivity index (χ1) is 7.72. The Kier molecular flexibility index (Phi) is 3.40. The molecule has 0 aromatic carbocycles. The van der Waals surface area contributed by atoms with E-state index < -0.39 is 5.97 Å². The van der Waals surface area contributed by atoms with Crippen molar-refractivity contribution in [3.8, 4) is 0 Å². The van der Waals surface area contributed by atoms with Crippen LogP contribution in [0.2, 0.25) is 0 Å². The number of nitrogens with zero attached hydrogens (tertiary/aromatic N) is 2. The zero-order valence-electron chi connectivity index (χ0n) is 9.10. The number of methoxy groups -OCH3 is 1. The fraction of sp³-hybridized carbons (Fsp3) is 0.600. The number of anilines is 1. The molecule has 2 heterocycles. The van der Waals surface area contributed by atoms with Crippen molar-refractivity contribution in [2.45, 2.75) is 12.8 Å². The van der Waals surface area contributed by atoms with Crippen molar-refractivity contribution < 1.29 is 14.6 Å². The van der Waals surface area contributed by atoms with Crippen LogP contribution in [0.3, 0.4) is 0 Å².